The molecule has 0 saturated carbocycles. The number of para-hydroxylation sites is 1. The first kappa shape index (κ1) is 29.3. The van der Waals surface area contributed by atoms with Crippen molar-refractivity contribution >= 4 is 19.5 Å². The summed E-state index contributed by atoms with van der Waals surface area (Å²) in [6.07, 6.45) is -5.50. The van der Waals surface area contributed by atoms with Crippen LogP contribution in [0, 0.1) is 0 Å². The van der Waals surface area contributed by atoms with Gasteiger partial charge in [0, 0.05) is 6.20 Å². The average Bonchev–Trinajstić information content (AvgIpc) is 3.15. The summed E-state index contributed by atoms with van der Waals surface area (Å²) in [7, 11) is -4.46. The standard InChI is InChI=1S/C25H27F2N4O8P/c1-16(22(33)36-14-17-8-4-2-5-9-17)30-40(35,39-18-10-6-3-7-11-18)37-15-19-21(32)25(26,27)23(38-19)31-13-12-20(28)29-24(31)34/h2-13,16,19,21,23,32H,14-15H2,1H3,(H,30,35)(H2,28,29,34)/t16-,19?,21?,23?,40-/m0/s1. The molecule has 12 nitrogen and oxygen atoms in total. The Morgan fingerprint density at radius 2 is 1.85 bits per heavy atom. The molecule has 0 amide bonds. The van der Waals surface area contributed by atoms with Gasteiger partial charge in [-0.2, -0.15) is 18.9 Å². The molecule has 1 aromatic heterocycles. The van der Waals surface area contributed by atoms with Crippen LogP contribution in [0.25, 0.3) is 0 Å². The van der Waals surface area contributed by atoms with Crippen LogP contribution >= 0.6 is 7.75 Å². The second-order valence-corrected chi connectivity index (χ2v) is 10.5. The highest BCUT2D eigenvalue weighted by Crippen LogP contribution is 2.48. The van der Waals surface area contributed by atoms with Gasteiger partial charge in [-0.15, -0.1) is 0 Å². The van der Waals surface area contributed by atoms with Gasteiger partial charge in [0.1, 0.15) is 30.3 Å². The van der Waals surface area contributed by atoms with Crippen molar-refractivity contribution in [2.24, 2.45) is 0 Å². The van der Waals surface area contributed by atoms with E-state index < -0.39 is 56.4 Å². The highest BCUT2D eigenvalue weighted by Gasteiger charge is 2.60. The lowest BCUT2D eigenvalue weighted by Gasteiger charge is -2.24. The Morgan fingerprint density at radius 3 is 2.50 bits per heavy atom. The van der Waals surface area contributed by atoms with Gasteiger partial charge in [-0.3, -0.25) is 13.9 Å². The molecule has 1 saturated heterocycles. The third-order valence-electron chi connectivity index (χ3n) is 5.79. The van der Waals surface area contributed by atoms with Crippen molar-refractivity contribution in [2.45, 2.75) is 43.9 Å². The zero-order chi connectivity index (χ0) is 28.9. The van der Waals surface area contributed by atoms with Crippen LogP contribution in [0.15, 0.2) is 77.7 Å². The van der Waals surface area contributed by atoms with Crippen LogP contribution in [0.4, 0.5) is 14.6 Å². The summed E-state index contributed by atoms with van der Waals surface area (Å²) < 4.78 is 65.3. The fourth-order valence-electron chi connectivity index (χ4n) is 3.74. The number of halogens is 2. The molecule has 0 radical (unpaired) electrons. The van der Waals surface area contributed by atoms with E-state index in [0.29, 0.717) is 4.57 Å². The molecule has 1 fully saturated rings. The first-order valence-corrected chi connectivity index (χ1v) is 13.6. The number of ether oxygens (including phenoxy) is 2. The summed E-state index contributed by atoms with van der Waals surface area (Å²) in [6.45, 7) is 0.435. The van der Waals surface area contributed by atoms with E-state index in [9.17, 15) is 28.0 Å². The molecular weight excluding hydrogens is 553 g/mol. The van der Waals surface area contributed by atoms with Gasteiger partial charge in [-0.1, -0.05) is 48.5 Å². The number of hydrogen-bond donors (Lipinski definition) is 3. The van der Waals surface area contributed by atoms with Crippen molar-refractivity contribution in [1.82, 2.24) is 14.6 Å². The Balaban J connectivity index is 1.47. The van der Waals surface area contributed by atoms with Crippen LogP contribution in [0.1, 0.15) is 18.7 Å². The molecular formula is C25H27F2N4O8P. The smallest absolute Gasteiger partial charge is 0.459 e. The minimum absolute atomic E-state index is 0.0473. The van der Waals surface area contributed by atoms with E-state index >= 15 is 0 Å². The molecule has 1 aliphatic rings. The number of nitrogen functional groups attached to an aromatic ring is 1. The second-order valence-electron chi connectivity index (χ2n) is 8.83. The van der Waals surface area contributed by atoms with Crippen LogP contribution in [0.5, 0.6) is 5.75 Å². The fourth-order valence-corrected chi connectivity index (χ4v) is 5.24. The van der Waals surface area contributed by atoms with E-state index in [0.717, 1.165) is 17.8 Å². The number of hydrogen-bond acceptors (Lipinski definition) is 10. The molecule has 0 spiro atoms. The number of esters is 1. The summed E-state index contributed by atoms with van der Waals surface area (Å²) in [5.41, 5.74) is 5.01. The number of nitrogens with zero attached hydrogens (tertiary/aromatic N) is 2. The van der Waals surface area contributed by atoms with Crippen LogP contribution < -0.4 is 21.0 Å². The van der Waals surface area contributed by atoms with Crippen molar-refractivity contribution in [3.8, 4) is 5.75 Å². The van der Waals surface area contributed by atoms with E-state index in [-0.39, 0.29) is 18.2 Å². The Bertz CT molecular complexity index is 1410. The molecule has 5 atom stereocenters. The van der Waals surface area contributed by atoms with Gasteiger partial charge in [0.15, 0.2) is 6.10 Å². The quantitative estimate of drug-likeness (QED) is 0.226. The molecule has 214 valence electrons. The predicted octanol–water partition coefficient (Wildman–Crippen LogP) is 2.64. The lowest BCUT2D eigenvalue weighted by atomic mass is 10.1. The van der Waals surface area contributed by atoms with Gasteiger partial charge in [0.25, 0.3) is 0 Å². The van der Waals surface area contributed by atoms with E-state index in [4.69, 9.17) is 24.3 Å². The zero-order valence-corrected chi connectivity index (χ0v) is 22.0. The first-order chi connectivity index (χ1) is 19.0. The van der Waals surface area contributed by atoms with Crippen molar-refractivity contribution in [3.63, 3.8) is 0 Å². The maximum absolute atomic E-state index is 14.9. The van der Waals surface area contributed by atoms with Gasteiger partial charge in [-0.05, 0) is 30.7 Å². The molecule has 3 unspecified atom stereocenters. The number of anilines is 1. The Hall–Kier alpha value is -3.68. The third kappa shape index (κ3) is 6.90. The van der Waals surface area contributed by atoms with Crippen molar-refractivity contribution in [2.75, 3.05) is 12.3 Å². The van der Waals surface area contributed by atoms with Crippen molar-refractivity contribution in [3.05, 3.63) is 89.0 Å². The Labute approximate surface area is 227 Å². The lowest BCUT2D eigenvalue weighted by molar-refractivity contribution is -0.146. The summed E-state index contributed by atoms with van der Waals surface area (Å²) in [4.78, 5) is 28.1. The summed E-state index contributed by atoms with van der Waals surface area (Å²) >= 11 is 0. The monoisotopic (exact) mass is 580 g/mol. The van der Waals surface area contributed by atoms with Crippen LogP contribution in [0.2, 0.25) is 0 Å². The van der Waals surface area contributed by atoms with E-state index in [1.165, 1.54) is 19.1 Å². The molecule has 0 bridgehead atoms. The van der Waals surface area contributed by atoms with Crippen LogP contribution in [-0.2, 0) is 30.0 Å². The maximum Gasteiger partial charge on any atom is 0.459 e. The molecule has 4 rings (SSSR count). The maximum atomic E-state index is 14.9. The molecule has 40 heavy (non-hydrogen) atoms. The minimum atomic E-state index is -4.46. The van der Waals surface area contributed by atoms with Gasteiger partial charge in [0.05, 0.1) is 6.61 Å². The first-order valence-electron chi connectivity index (χ1n) is 12.0. The van der Waals surface area contributed by atoms with E-state index in [1.54, 1.807) is 48.5 Å². The predicted molar refractivity (Wildman–Crippen MR) is 137 cm³/mol. The third-order valence-corrected chi connectivity index (χ3v) is 7.43. The number of nitrogens with two attached hydrogens (primary N) is 1. The molecule has 15 heteroatoms. The number of carbonyl (C=O) groups is 1. The largest absolute Gasteiger partial charge is 0.460 e. The van der Waals surface area contributed by atoms with Gasteiger partial charge in [0.2, 0.25) is 6.23 Å². The second kappa shape index (κ2) is 12.2. The van der Waals surface area contributed by atoms with E-state index in [2.05, 4.69) is 10.1 Å². The minimum Gasteiger partial charge on any atom is -0.460 e. The van der Waals surface area contributed by atoms with Crippen molar-refractivity contribution < 1.29 is 41.8 Å². The molecule has 2 aromatic carbocycles. The zero-order valence-electron chi connectivity index (χ0n) is 21.1. The van der Waals surface area contributed by atoms with E-state index in [1.807, 2.05) is 0 Å². The number of benzene rings is 2. The number of alkyl halides is 2. The summed E-state index contributed by atoms with van der Waals surface area (Å²) in [5.74, 6) is -4.85. The number of aliphatic hydroxyl groups excluding tert-OH is 1. The Kier molecular flexibility index (Phi) is 8.96. The van der Waals surface area contributed by atoms with Crippen molar-refractivity contribution in [1.29, 1.82) is 0 Å². The molecule has 2 heterocycles. The summed E-state index contributed by atoms with van der Waals surface area (Å²) in [5, 5.41) is 12.7. The molecule has 1 aliphatic heterocycles. The van der Waals surface area contributed by atoms with Gasteiger partial charge >= 0.3 is 25.3 Å². The molecule has 0 aliphatic carbocycles. The van der Waals surface area contributed by atoms with Crippen LogP contribution in [0.3, 0.4) is 0 Å². The Morgan fingerprint density at radius 1 is 1.20 bits per heavy atom. The molecule has 3 aromatic rings. The highest BCUT2D eigenvalue weighted by molar-refractivity contribution is 7.52. The summed E-state index contributed by atoms with van der Waals surface area (Å²) in [6, 6.07) is 16.5. The fraction of sp³-hybridized carbons (Fsp3) is 0.320. The number of nitrogens with one attached hydrogen (secondary N) is 1. The van der Waals surface area contributed by atoms with Gasteiger partial charge in [-0.25, -0.2) is 9.36 Å². The number of rotatable bonds is 11. The average molecular weight is 580 g/mol. The number of aliphatic hydroxyl groups is 1. The lowest BCUT2D eigenvalue weighted by Crippen LogP contribution is -2.42. The SMILES string of the molecule is C[C@H](N[P@](=O)(OCC1OC(n2ccc(N)nc2=O)C(F)(F)C1O)Oc1ccccc1)C(=O)OCc1ccccc1. The number of aromatic nitrogens is 2. The normalized spacial score (nSPS) is 22.2. The van der Waals surface area contributed by atoms with Crippen LogP contribution in [-0.4, -0.2) is 51.4 Å². The topological polar surface area (TPSA) is 164 Å². The molecule has 4 N–H and O–H groups in total. The number of carbonyl (C=O) groups excluding carboxylic acids is 1. The van der Waals surface area contributed by atoms with Gasteiger partial charge < -0.3 is 24.8 Å². The highest BCUT2D eigenvalue weighted by atomic mass is 31.2.